The van der Waals surface area contributed by atoms with Gasteiger partial charge < -0.3 is 40.1 Å². The summed E-state index contributed by atoms with van der Waals surface area (Å²) in [5.74, 6) is 0.606. The van der Waals surface area contributed by atoms with Gasteiger partial charge in [-0.25, -0.2) is 0 Å². The van der Waals surface area contributed by atoms with Crippen LogP contribution in [0.3, 0.4) is 0 Å². The van der Waals surface area contributed by atoms with Crippen molar-refractivity contribution < 1.29 is 29.3 Å². The summed E-state index contributed by atoms with van der Waals surface area (Å²) < 4.78 is 11.6. The number of likely N-dealkylation sites (tertiary alicyclic amines) is 1. The van der Waals surface area contributed by atoms with E-state index in [9.17, 15) is 19.8 Å². The van der Waals surface area contributed by atoms with Gasteiger partial charge in [0.15, 0.2) is 12.4 Å². The van der Waals surface area contributed by atoms with E-state index in [1.165, 1.54) is 5.56 Å². The highest BCUT2D eigenvalue weighted by Crippen LogP contribution is 2.45. The van der Waals surface area contributed by atoms with E-state index in [-0.39, 0.29) is 41.0 Å². The Morgan fingerprint density at radius 2 is 1.75 bits per heavy atom. The van der Waals surface area contributed by atoms with Crippen LogP contribution >= 0.6 is 0 Å². The molecule has 0 bridgehead atoms. The summed E-state index contributed by atoms with van der Waals surface area (Å²) in [7, 11) is 2.15. The van der Waals surface area contributed by atoms with Crippen LogP contribution in [0.2, 0.25) is 0 Å². The number of carbonyl (C=O) groups is 2. The maximum absolute atomic E-state index is 13.5. The van der Waals surface area contributed by atoms with Gasteiger partial charge in [-0.2, -0.15) is 0 Å². The lowest BCUT2D eigenvalue weighted by Crippen LogP contribution is -2.48. The highest BCUT2D eigenvalue weighted by molar-refractivity contribution is 5.97. The number of nitrogens with zero attached hydrogens (tertiary/aromatic N) is 2. The van der Waals surface area contributed by atoms with Gasteiger partial charge in [0.25, 0.3) is 5.91 Å². The summed E-state index contributed by atoms with van der Waals surface area (Å²) in [4.78, 5) is 29.5. The number of rotatable bonds is 15. The zero-order chi connectivity index (χ0) is 36.6. The fourth-order valence-corrected chi connectivity index (χ4v) is 7.15. The predicted octanol–water partition coefficient (Wildman–Crippen LogP) is 5.49. The smallest absolute Gasteiger partial charge is 0.262 e. The number of phenols is 2. The van der Waals surface area contributed by atoms with E-state index >= 15 is 0 Å². The molecule has 0 spiro atoms. The number of aromatic hydroxyl groups is 2. The lowest BCUT2D eigenvalue weighted by Gasteiger charge is -2.42. The van der Waals surface area contributed by atoms with Crippen molar-refractivity contribution in [2.24, 2.45) is 5.41 Å². The standard InChI is InChI=1S/C41H56N4O6/c1-29(40(2,3)4)45(24-21-42-20-15-31-12-14-35(47)38-39(31)51-28-36(48)43-38)37(49)17-26-50-25-16-30-11-13-34(46)33(27-30)41(18-22-44(5)23-19-41)32-9-7-6-8-10-32/h6-14,27,29,42,46-47H,15-26,28H2,1-5H3,(H,43,48)/t29-/m1/s1. The molecule has 0 aromatic heterocycles. The van der Waals surface area contributed by atoms with Gasteiger partial charge in [-0.15, -0.1) is 0 Å². The van der Waals surface area contributed by atoms with Crippen LogP contribution in [0, 0.1) is 5.41 Å². The van der Waals surface area contributed by atoms with E-state index in [1.54, 1.807) is 6.07 Å². The number of benzene rings is 3. The molecular formula is C41H56N4O6. The Labute approximate surface area is 303 Å². The monoisotopic (exact) mass is 700 g/mol. The molecule has 5 rings (SSSR count). The van der Waals surface area contributed by atoms with Crippen molar-refractivity contribution in [1.29, 1.82) is 0 Å². The molecular weight excluding hydrogens is 644 g/mol. The number of hydrogen-bond donors (Lipinski definition) is 4. The van der Waals surface area contributed by atoms with E-state index in [2.05, 4.69) is 80.6 Å². The number of anilines is 1. The molecule has 2 heterocycles. The molecule has 4 N–H and O–H groups in total. The molecule has 1 atom stereocenters. The summed E-state index contributed by atoms with van der Waals surface area (Å²) >= 11 is 0. The molecule has 2 amide bonds. The Balaban J connectivity index is 1.12. The first-order valence-electron chi connectivity index (χ1n) is 18.3. The molecule has 0 aliphatic carbocycles. The van der Waals surface area contributed by atoms with Gasteiger partial charge in [-0.3, -0.25) is 9.59 Å². The molecule has 2 aliphatic heterocycles. The molecule has 10 nitrogen and oxygen atoms in total. The van der Waals surface area contributed by atoms with Crippen LogP contribution in [0.15, 0.2) is 60.7 Å². The molecule has 51 heavy (non-hydrogen) atoms. The van der Waals surface area contributed by atoms with Crippen molar-refractivity contribution in [2.75, 3.05) is 64.9 Å². The number of nitrogens with one attached hydrogen (secondary N) is 2. The molecule has 1 saturated heterocycles. The highest BCUT2D eigenvalue weighted by Gasteiger charge is 2.39. The van der Waals surface area contributed by atoms with E-state index in [0.717, 1.165) is 42.6 Å². The van der Waals surface area contributed by atoms with Crippen molar-refractivity contribution in [3.63, 3.8) is 0 Å². The van der Waals surface area contributed by atoms with E-state index in [0.29, 0.717) is 69.3 Å². The first-order valence-corrected chi connectivity index (χ1v) is 18.3. The summed E-state index contributed by atoms with van der Waals surface area (Å²) in [6.45, 7) is 13.1. The molecule has 3 aromatic carbocycles. The zero-order valence-electron chi connectivity index (χ0n) is 31.0. The fourth-order valence-electron chi connectivity index (χ4n) is 7.15. The third-order valence-corrected chi connectivity index (χ3v) is 10.7. The molecule has 3 aromatic rings. The highest BCUT2D eigenvalue weighted by atomic mass is 16.5. The van der Waals surface area contributed by atoms with Gasteiger partial charge >= 0.3 is 0 Å². The second-order valence-corrected chi connectivity index (χ2v) is 15.1. The van der Waals surface area contributed by atoms with Crippen molar-refractivity contribution in [3.8, 4) is 17.2 Å². The molecule has 10 heteroatoms. The molecule has 0 radical (unpaired) electrons. The minimum atomic E-state index is -0.289. The SMILES string of the molecule is C[C@@H](N(CCNCCc1ccc(O)c2c1OCC(=O)N2)C(=O)CCOCCc1ccc(O)c(C2(c3ccccc3)CCN(C)CC2)c1)C(C)(C)C. The van der Waals surface area contributed by atoms with Gasteiger partial charge in [-0.05, 0) is 93.5 Å². The van der Waals surface area contributed by atoms with Crippen LogP contribution in [0.5, 0.6) is 17.2 Å². The van der Waals surface area contributed by atoms with E-state index in [4.69, 9.17) is 9.47 Å². The van der Waals surface area contributed by atoms with Gasteiger partial charge in [0.2, 0.25) is 5.91 Å². The van der Waals surface area contributed by atoms with Gasteiger partial charge in [0.05, 0.1) is 19.6 Å². The van der Waals surface area contributed by atoms with Gasteiger partial charge in [0.1, 0.15) is 17.2 Å². The molecule has 1 fully saturated rings. The Hall–Kier alpha value is -4.12. The quantitative estimate of drug-likeness (QED) is 0.121. The number of piperidine rings is 1. The Kier molecular flexibility index (Phi) is 12.7. The maximum Gasteiger partial charge on any atom is 0.262 e. The number of hydrogen-bond acceptors (Lipinski definition) is 8. The number of fused-ring (bicyclic) bond motifs is 1. The largest absolute Gasteiger partial charge is 0.508 e. The van der Waals surface area contributed by atoms with Crippen molar-refractivity contribution in [3.05, 3.63) is 82.9 Å². The van der Waals surface area contributed by atoms with Crippen LogP contribution in [-0.2, 0) is 32.6 Å². The third-order valence-electron chi connectivity index (χ3n) is 10.7. The number of amides is 2. The first-order chi connectivity index (χ1) is 24.4. The van der Waals surface area contributed by atoms with Crippen LogP contribution in [0.1, 0.15) is 69.2 Å². The van der Waals surface area contributed by atoms with Crippen LogP contribution in [0.4, 0.5) is 5.69 Å². The minimum absolute atomic E-state index is 0.0154. The fraction of sp³-hybridized carbons (Fsp3) is 0.512. The van der Waals surface area contributed by atoms with Crippen LogP contribution in [-0.4, -0.2) is 97.5 Å². The van der Waals surface area contributed by atoms with Crippen molar-refractivity contribution >= 4 is 17.5 Å². The van der Waals surface area contributed by atoms with Gasteiger partial charge in [-0.1, -0.05) is 69.3 Å². The lowest BCUT2D eigenvalue weighted by atomic mass is 9.67. The predicted molar refractivity (Wildman–Crippen MR) is 201 cm³/mol. The maximum atomic E-state index is 13.5. The number of ether oxygens (including phenoxy) is 2. The van der Waals surface area contributed by atoms with Gasteiger partial charge in [0, 0.05) is 30.1 Å². The average Bonchev–Trinajstić information content (AvgIpc) is 3.11. The second-order valence-electron chi connectivity index (χ2n) is 15.1. The van der Waals surface area contributed by atoms with Crippen molar-refractivity contribution in [2.45, 2.75) is 71.3 Å². The Bertz CT molecular complexity index is 1630. The molecule has 0 unspecified atom stereocenters. The topological polar surface area (TPSA) is 124 Å². The number of phenolic OH excluding ortho intramolecular Hbond substituents is 2. The lowest BCUT2D eigenvalue weighted by molar-refractivity contribution is -0.136. The Morgan fingerprint density at radius 3 is 2.47 bits per heavy atom. The zero-order valence-corrected chi connectivity index (χ0v) is 31.0. The first kappa shape index (κ1) is 38.1. The summed E-state index contributed by atoms with van der Waals surface area (Å²) in [6.07, 6.45) is 3.52. The molecule has 2 aliphatic rings. The van der Waals surface area contributed by atoms with E-state index < -0.39 is 0 Å². The normalized spacial score (nSPS) is 16.5. The summed E-state index contributed by atoms with van der Waals surface area (Å²) in [6, 6.07) is 19.9. The number of carbonyl (C=O) groups excluding carboxylic acids is 2. The second kappa shape index (κ2) is 16.9. The summed E-state index contributed by atoms with van der Waals surface area (Å²) in [5.41, 5.74) is 4.22. The minimum Gasteiger partial charge on any atom is -0.508 e. The van der Waals surface area contributed by atoms with Crippen LogP contribution in [0.25, 0.3) is 0 Å². The Morgan fingerprint density at radius 1 is 1.02 bits per heavy atom. The van der Waals surface area contributed by atoms with Crippen molar-refractivity contribution in [1.82, 2.24) is 15.1 Å². The summed E-state index contributed by atoms with van der Waals surface area (Å²) in [5, 5.41) is 27.4. The van der Waals surface area contributed by atoms with Crippen LogP contribution < -0.4 is 15.4 Å². The molecule has 276 valence electrons. The van der Waals surface area contributed by atoms with E-state index in [1.807, 2.05) is 29.2 Å². The average molecular weight is 701 g/mol. The molecule has 0 saturated carbocycles. The third kappa shape index (κ3) is 9.41.